The molecule has 3 aliphatic rings. The Balaban J connectivity index is 0.000000148. The third-order valence-electron chi connectivity index (χ3n) is 3.31. The second kappa shape index (κ2) is 4.24. The molecule has 0 bridgehead atoms. The van der Waals surface area contributed by atoms with Crippen LogP contribution >= 0.6 is 0 Å². The second-order valence-corrected chi connectivity index (χ2v) is 4.41. The van der Waals surface area contributed by atoms with Crippen LogP contribution < -0.4 is 5.73 Å². The number of hydrogen-bond donors (Lipinski definition) is 1. The Morgan fingerprint density at radius 2 is 1.88 bits per heavy atom. The van der Waals surface area contributed by atoms with Gasteiger partial charge in [-0.05, 0) is 30.5 Å². The van der Waals surface area contributed by atoms with Gasteiger partial charge in [0.2, 0.25) is 0 Å². The van der Waals surface area contributed by atoms with Crippen LogP contribution in [0.1, 0.15) is 26.7 Å². The zero-order valence-electron chi connectivity index (χ0n) is 10.2. The van der Waals surface area contributed by atoms with E-state index >= 15 is 0 Å². The number of rotatable bonds is 2. The van der Waals surface area contributed by atoms with E-state index in [1.165, 1.54) is 11.1 Å². The van der Waals surface area contributed by atoms with Gasteiger partial charge in [0.15, 0.2) is 5.60 Å². The maximum absolute atomic E-state index is 11.0. The van der Waals surface area contributed by atoms with Crippen molar-refractivity contribution in [3.63, 3.8) is 0 Å². The molecule has 3 nitrogen and oxygen atoms in total. The second-order valence-electron chi connectivity index (χ2n) is 4.41. The molecule has 1 unspecified atom stereocenters. The summed E-state index contributed by atoms with van der Waals surface area (Å²) in [4.78, 5) is 11.0. The van der Waals surface area contributed by atoms with Gasteiger partial charge in [0.1, 0.15) is 0 Å². The van der Waals surface area contributed by atoms with Crippen molar-refractivity contribution in [1.82, 2.24) is 0 Å². The smallest absolute Gasteiger partial charge is 0.261 e. The van der Waals surface area contributed by atoms with Crippen LogP contribution in [0.3, 0.4) is 0 Å². The zero-order valence-corrected chi connectivity index (χ0v) is 10.2. The highest BCUT2D eigenvalue weighted by Gasteiger charge is 2.39. The summed E-state index contributed by atoms with van der Waals surface area (Å²) in [6.45, 7) is 3.73. The third-order valence-corrected chi connectivity index (χ3v) is 3.31. The monoisotopic (exact) mass is 231 g/mol. The SMILES string of the molecule is CCC1(C(N)=O)CC=C(C)O1.c1cc2ccc1-2. The van der Waals surface area contributed by atoms with E-state index < -0.39 is 5.60 Å². The molecule has 0 radical (unpaired) electrons. The number of ether oxygens (including phenoxy) is 1. The Hall–Kier alpha value is -1.77. The number of nitrogens with two attached hydrogens (primary N) is 1. The van der Waals surface area contributed by atoms with E-state index in [2.05, 4.69) is 24.3 Å². The fourth-order valence-electron chi connectivity index (χ4n) is 1.90. The van der Waals surface area contributed by atoms with Crippen molar-refractivity contribution in [3.8, 4) is 11.1 Å². The Morgan fingerprint density at radius 1 is 1.35 bits per heavy atom. The van der Waals surface area contributed by atoms with Crippen LogP contribution in [0.2, 0.25) is 0 Å². The van der Waals surface area contributed by atoms with Crippen molar-refractivity contribution in [2.75, 3.05) is 0 Å². The molecule has 90 valence electrons. The summed E-state index contributed by atoms with van der Waals surface area (Å²) in [6, 6.07) is 8.48. The molecule has 1 amide bonds. The standard InChI is InChI=1S/C8H13NO2.C6H4/c1-3-8(7(9)10)5-4-6(2)11-8;1-2-6-4-3-5(1)6/h4H,3,5H2,1-2H3,(H2,9,10);1-4H. The summed E-state index contributed by atoms with van der Waals surface area (Å²) in [5.41, 5.74) is 7.31. The predicted octanol–water partition coefficient (Wildman–Crippen LogP) is 2.61. The van der Waals surface area contributed by atoms with Crippen LogP contribution in [-0.4, -0.2) is 11.5 Å². The first-order valence-electron chi connectivity index (χ1n) is 5.83. The molecule has 0 spiro atoms. The van der Waals surface area contributed by atoms with E-state index in [4.69, 9.17) is 10.5 Å². The molecule has 1 heterocycles. The number of allylic oxidation sites excluding steroid dienone is 1. The number of carbonyl (C=O) groups excluding carboxylic acids is 1. The van der Waals surface area contributed by atoms with E-state index in [1.807, 2.05) is 19.9 Å². The summed E-state index contributed by atoms with van der Waals surface area (Å²) in [7, 11) is 0. The number of fused-ring (bicyclic) bond motifs is 1. The van der Waals surface area contributed by atoms with Gasteiger partial charge in [-0.15, -0.1) is 0 Å². The number of amides is 1. The molecule has 0 aromatic carbocycles. The maximum Gasteiger partial charge on any atom is 0.261 e. The third kappa shape index (κ3) is 2.05. The van der Waals surface area contributed by atoms with Gasteiger partial charge in [0.25, 0.3) is 5.91 Å². The minimum atomic E-state index is -0.746. The molecule has 1 aliphatic heterocycles. The highest BCUT2D eigenvalue weighted by atomic mass is 16.5. The lowest BCUT2D eigenvalue weighted by atomic mass is 9.95. The summed E-state index contributed by atoms with van der Waals surface area (Å²) >= 11 is 0. The molecule has 3 rings (SSSR count). The highest BCUT2D eigenvalue weighted by Crippen LogP contribution is 2.30. The van der Waals surface area contributed by atoms with Crippen molar-refractivity contribution in [1.29, 1.82) is 0 Å². The molecule has 2 N–H and O–H groups in total. The molecule has 0 saturated carbocycles. The maximum atomic E-state index is 11.0. The van der Waals surface area contributed by atoms with Gasteiger partial charge in [-0.25, -0.2) is 0 Å². The quantitative estimate of drug-likeness (QED) is 0.863. The number of benzene rings is 1. The minimum absolute atomic E-state index is 0.367. The molecule has 0 saturated heterocycles. The highest BCUT2D eigenvalue weighted by molar-refractivity contribution is 5.84. The molecule has 0 aromatic rings. The molecular formula is C14H17NO2. The van der Waals surface area contributed by atoms with Crippen LogP contribution in [0, 0.1) is 0 Å². The van der Waals surface area contributed by atoms with Crippen LogP contribution in [0.25, 0.3) is 11.1 Å². The lowest BCUT2D eigenvalue weighted by Crippen LogP contribution is -2.42. The molecule has 2 aliphatic carbocycles. The van der Waals surface area contributed by atoms with E-state index in [1.54, 1.807) is 0 Å². The molecule has 3 heteroatoms. The number of hydrogen-bond acceptors (Lipinski definition) is 2. The van der Waals surface area contributed by atoms with E-state index in [0.717, 1.165) is 5.76 Å². The Kier molecular flexibility index (Phi) is 2.92. The number of carbonyl (C=O) groups is 1. The van der Waals surface area contributed by atoms with Gasteiger partial charge < -0.3 is 10.5 Å². The van der Waals surface area contributed by atoms with E-state index in [-0.39, 0.29) is 5.91 Å². The van der Waals surface area contributed by atoms with Gasteiger partial charge in [0.05, 0.1) is 5.76 Å². The predicted molar refractivity (Wildman–Crippen MR) is 67.1 cm³/mol. The average Bonchev–Trinajstić information content (AvgIpc) is 2.67. The average molecular weight is 231 g/mol. The number of primary amides is 1. The molecule has 17 heavy (non-hydrogen) atoms. The topological polar surface area (TPSA) is 52.3 Å². The van der Waals surface area contributed by atoms with Gasteiger partial charge in [0, 0.05) is 6.42 Å². The van der Waals surface area contributed by atoms with Crippen LogP contribution in [-0.2, 0) is 9.53 Å². The van der Waals surface area contributed by atoms with Crippen molar-refractivity contribution in [3.05, 3.63) is 36.1 Å². The molecule has 0 aromatic heterocycles. The van der Waals surface area contributed by atoms with Gasteiger partial charge in [-0.3, -0.25) is 4.79 Å². The molecule has 1 atom stereocenters. The lowest BCUT2D eigenvalue weighted by Gasteiger charge is -2.24. The largest absolute Gasteiger partial charge is 0.482 e. The van der Waals surface area contributed by atoms with Crippen molar-refractivity contribution >= 4 is 5.91 Å². The normalized spacial score (nSPS) is 23.1. The van der Waals surface area contributed by atoms with Gasteiger partial charge in [-0.1, -0.05) is 31.2 Å². The Bertz CT molecular complexity index is 441. The summed E-state index contributed by atoms with van der Waals surface area (Å²) < 4.78 is 5.35. The van der Waals surface area contributed by atoms with E-state index in [9.17, 15) is 4.79 Å². The van der Waals surface area contributed by atoms with Crippen LogP contribution in [0.4, 0.5) is 0 Å². The zero-order chi connectivity index (χ0) is 12.5. The van der Waals surface area contributed by atoms with Crippen LogP contribution in [0.15, 0.2) is 36.1 Å². The van der Waals surface area contributed by atoms with Crippen LogP contribution in [0.5, 0.6) is 0 Å². The van der Waals surface area contributed by atoms with Gasteiger partial charge >= 0.3 is 0 Å². The van der Waals surface area contributed by atoms with Gasteiger partial charge in [-0.2, -0.15) is 0 Å². The minimum Gasteiger partial charge on any atom is -0.482 e. The molecular weight excluding hydrogens is 214 g/mol. The molecule has 0 fully saturated rings. The van der Waals surface area contributed by atoms with Crippen molar-refractivity contribution in [2.45, 2.75) is 32.3 Å². The fourth-order valence-corrected chi connectivity index (χ4v) is 1.90. The lowest BCUT2D eigenvalue weighted by molar-refractivity contribution is -0.136. The Morgan fingerprint density at radius 3 is 2.00 bits per heavy atom. The first-order chi connectivity index (χ1) is 8.07. The first-order valence-corrected chi connectivity index (χ1v) is 5.83. The first kappa shape index (κ1) is 11.7. The van der Waals surface area contributed by atoms with Crippen molar-refractivity contribution in [2.24, 2.45) is 5.73 Å². The summed E-state index contributed by atoms with van der Waals surface area (Å²) in [6.07, 6.45) is 3.15. The Labute approximate surface area is 101 Å². The summed E-state index contributed by atoms with van der Waals surface area (Å²) in [5.74, 6) is 0.429. The summed E-state index contributed by atoms with van der Waals surface area (Å²) in [5, 5.41) is 0. The van der Waals surface area contributed by atoms with Crippen molar-refractivity contribution < 1.29 is 9.53 Å². The van der Waals surface area contributed by atoms with E-state index in [0.29, 0.717) is 12.8 Å². The fraction of sp³-hybridized carbons (Fsp3) is 0.357.